The van der Waals surface area contributed by atoms with Crippen LogP contribution in [0.25, 0.3) is 6.08 Å². The molecule has 2 aromatic rings. The third-order valence-corrected chi connectivity index (χ3v) is 5.31. The highest BCUT2D eigenvalue weighted by Crippen LogP contribution is 2.23. The van der Waals surface area contributed by atoms with E-state index < -0.39 is 15.9 Å². The molecule has 0 unspecified atom stereocenters. The molecule has 0 saturated heterocycles. The van der Waals surface area contributed by atoms with E-state index in [-0.39, 0.29) is 4.90 Å². The van der Waals surface area contributed by atoms with Crippen LogP contribution in [0.2, 0.25) is 0 Å². The van der Waals surface area contributed by atoms with Crippen molar-refractivity contribution in [1.29, 1.82) is 0 Å². The van der Waals surface area contributed by atoms with Crippen LogP contribution in [0.5, 0.6) is 0 Å². The summed E-state index contributed by atoms with van der Waals surface area (Å²) in [4.78, 5) is 12.7. The highest BCUT2D eigenvalue weighted by molar-refractivity contribution is 7.90. The van der Waals surface area contributed by atoms with Crippen LogP contribution in [-0.4, -0.2) is 33.8 Å². The fourth-order valence-corrected chi connectivity index (χ4v) is 3.57. The van der Waals surface area contributed by atoms with E-state index in [0.717, 1.165) is 15.1 Å². The Kier molecular flexibility index (Phi) is 5.12. The second-order valence-corrected chi connectivity index (χ2v) is 7.31. The number of nitrogens with zero attached hydrogens (tertiary/aromatic N) is 3. The van der Waals surface area contributed by atoms with E-state index in [2.05, 4.69) is 0 Å². The Hall–Kier alpha value is -3.34. The first-order chi connectivity index (χ1) is 12.9. The van der Waals surface area contributed by atoms with Crippen LogP contribution < -0.4 is 10.4 Å². The minimum atomic E-state index is -3.84. The van der Waals surface area contributed by atoms with Crippen LogP contribution in [-0.2, 0) is 14.8 Å². The number of hydrogen-bond donors (Lipinski definition) is 3. The maximum absolute atomic E-state index is 12.8. The molecule has 140 valence electrons. The van der Waals surface area contributed by atoms with Gasteiger partial charge in [-0.1, -0.05) is 6.07 Å². The van der Waals surface area contributed by atoms with Gasteiger partial charge in [-0.2, -0.15) is 0 Å². The van der Waals surface area contributed by atoms with Crippen LogP contribution in [0.3, 0.4) is 0 Å². The molecule has 1 aliphatic rings. The van der Waals surface area contributed by atoms with E-state index in [1.165, 1.54) is 54.5 Å². The first-order valence-electron chi connectivity index (χ1n) is 7.68. The normalized spacial score (nSPS) is 14.1. The van der Waals surface area contributed by atoms with Gasteiger partial charge in [-0.15, -0.1) is 0 Å². The summed E-state index contributed by atoms with van der Waals surface area (Å²) in [6.07, 6.45) is 11.1. The fourth-order valence-electron chi connectivity index (χ4n) is 2.33. The summed E-state index contributed by atoms with van der Waals surface area (Å²) in [7, 11) is -3.84. The van der Waals surface area contributed by atoms with Crippen molar-refractivity contribution < 1.29 is 23.6 Å². The Bertz CT molecular complexity index is 1030. The Morgan fingerprint density at radius 1 is 1.11 bits per heavy atom. The monoisotopic (exact) mass is 388 g/mol. The molecule has 0 bridgehead atoms. The van der Waals surface area contributed by atoms with Crippen LogP contribution in [0.15, 0.2) is 78.5 Å². The van der Waals surface area contributed by atoms with Gasteiger partial charge in [0.2, 0.25) is 0 Å². The third-order valence-electron chi connectivity index (χ3n) is 3.68. The second kappa shape index (κ2) is 7.50. The number of benzene rings is 1. The zero-order chi connectivity index (χ0) is 19.4. The van der Waals surface area contributed by atoms with E-state index in [9.17, 15) is 18.4 Å². The van der Waals surface area contributed by atoms with Crippen LogP contribution in [0, 0.1) is 0 Å². The Morgan fingerprint density at radius 3 is 2.56 bits per heavy atom. The van der Waals surface area contributed by atoms with Gasteiger partial charge in [0.05, 0.1) is 4.90 Å². The van der Waals surface area contributed by atoms with Gasteiger partial charge in [0, 0.05) is 49.0 Å². The molecule has 0 atom stereocenters. The number of hydrogen-bond acceptors (Lipinski definition) is 7. The molecule has 2 heterocycles. The zero-order valence-corrected chi connectivity index (χ0v) is 14.7. The van der Waals surface area contributed by atoms with Gasteiger partial charge in [0.15, 0.2) is 0 Å². The smallest absolute Gasteiger partial charge is 0.267 e. The summed E-state index contributed by atoms with van der Waals surface area (Å²) >= 11 is 0. The molecule has 10 heteroatoms. The van der Waals surface area contributed by atoms with Crippen molar-refractivity contribution in [1.82, 2.24) is 14.5 Å². The molecule has 0 radical (unpaired) electrons. The summed E-state index contributed by atoms with van der Waals surface area (Å²) in [6, 6.07) is 7.85. The van der Waals surface area contributed by atoms with Gasteiger partial charge in [-0.05, 0) is 35.9 Å². The molecular formula is C17H16N4O5S. The quantitative estimate of drug-likeness (QED) is 0.406. The number of nitrogens with one attached hydrogen (secondary N) is 1. The summed E-state index contributed by atoms with van der Waals surface area (Å²) < 4.78 is 26.7. The van der Waals surface area contributed by atoms with Gasteiger partial charge in [0.1, 0.15) is 0 Å². The zero-order valence-electron chi connectivity index (χ0n) is 13.9. The molecule has 0 fully saturated rings. The molecule has 0 saturated carbocycles. The lowest BCUT2D eigenvalue weighted by Gasteiger charge is -2.21. The van der Waals surface area contributed by atoms with E-state index in [1.54, 1.807) is 29.4 Å². The molecule has 1 aromatic carbocycles. The number of carbonyl (C=O) groups is 1. The first kappa shape index (κ1) is 18.5. The topological polar surface area (TPSA) is 115 Å². The standard InChI is InChI=1S/C17H16N4O5S/c22-17(18-23)5-4-14-6-7-21(13-14)27(25,26)16-3-1-2-15(12-16)19-8-10-20(24)11-9-19/h1-13,23-24H,(H,18,22)/b5-4+. The largest absolute Gasteiger partial charge is 0.321 e. The van der Waals surface area contributed by atoms with Crippen molar-refractivity contribution in [3.8, 4) is 0 Å². The van der Waals surface area contributed by atoms with E-state index >= 15 is 0 Å². The number of rotatable bonds is 5. The fraction of sp³-hybridized carbons (Fsp3) is 0. The predicted molar refractivity (Wildman–Crippen MR) is 96.8 cm³/mol. The molecule has 1 aliphatic heterocycles. The maximum Gasteiger partial charge on any atom is 0.267 e. The van der Waals surface area contributed by atoms with Crippen molar-refractivity contribution >= 4 is 27.7 Å². The van der Waals surface area contributed by atoms with Gasteiger partial charge >= 0.3 is 0 Å². The first-order valence-corrected chi connectivity index (χ1v) is 9.12. The minimum absolute atomic E-state index is 0.0764. The van der Waals surface area contributed by atoms with Crippen molar-refractivity contribution in [2.45, 2.75) is 4.90 Å². The lowest BCUT2D eigenvalue weighted by molar-refractivity contribution is -0.124. The number of hydroxylamine groups is 3. The number of carbonyl (C=O) groups excluding carboxylic acids is 1. The van der Waals surface area contributed by atoms with Crippen molar-refractivity contribution in [3.05, 3.63) is 79.2 Å². The predicted octanol–water partition coefficient (Wildman–Crippen LogP) is 1.70. The van der Waals surface area contributed by atoms with Gasteiger partial charge in [0.25, 0.3) is 15.9 Å². The second-order valence-electron chi connectivity index (χ2n) is 5.47. The Labute approximate surface area is 155 Å². The molecule has 3 N–H and O–H groups in total. The van der Waals surface area contributed by atoms with Crippen molar-refractivity contribution in [2.24, 2.45) is 0 Å². The molecule has 1 aromatic heterocycles. The number of amides is 1. The molecule has 3 rings (SSSR count). The Balaban J connectivity index is 1.88. The third kappa shape index (κ3) is 4.08. The summed E-state index contributed by atoms with van der Waals surface area (Å²) in [6.45, 7) is 0. The highest BCUT2D eigenvalue weighted by Gasteiger charge is 2.18. The number of aromatic nitrogens is 1. The van der Waals surface area contributed by atoms with Crippen molar-refractivity contribution in [3.63, 3.8) is 0 Å². The van der Waals surface area contributed by atoms with Gasteiger partial charge in [-0.25, -0.2) is 22.9 Å². The van der Waals surface area contributed by atoms with Crippen LogP contribution in [0.1, 0.15) is 5.56 Å². The Morgan fingerprint density at radius 2 is 1.85 bits per heavy atom. The van der Waals surface area contributed by atoms with Gasteiger partial charge < -0.3 is 4.90 Å². The molecular weight excluding hydrogens is 372 g/mol. The van der Waals surface area contributed by atoms with Crippen LogP contribution >= 0.6 is 0 Å². The molecule has 1 amide bonds. The SMILES string of the molecule is O=C(/C=C/c1ccn(S(=O)(=O)c2cccc(N3C=CN(O)C=C3)c2)c1)NO. The average Bonchev–Trinajstić information content (AvgIpc) is 3.16. The average molecular weight is 388 g/mol. The lowest BCUT2D eigenvalue weighted by atomic mass is 10.3. The summed E-state index contributed by atoms with van der Waals surface area (Å²) in [5.74, 6) is -0.720. The summed E-state index contributed by atoms with van der Waals surface area (Å²) in [5, 5.41) is 18.6. The van der Waals surface area contributed by atoms with Crippen LogP contribution in [0.4, 0.5) is 5.69 Å². The van der Waals surface area contributed by atoms with E-state index in [1.807, 2.05) is 0 Å². The van der Waals surface area contributed by atoms with E-state index in [0.29, 0.717) is 11.3 Å². The molecule has 0 aliphatic carbocycles. The minimum Gasteiger partial charge on any atom is -0.321 e. The highest BCUT2D eigenvalue weighted by atomic mass is 32.2. The maximum atomic E-state index is 12.8. The number of anilines is 1. The summed E-state index contributed by atoms with van der Waals surface area (Å²) in [5.41, 5.74) is 2.53. The lowest BCUT2D eigenvalue weighted by Crippen LogP contribution is -2.17. The van der Waals surface area contributed by atoms with Crippen molar-refractivity contribution in [2.75, 3.05) is 4.90 Å². The molecule has 27 heavy (non-hydrogen) atoms. The van der Waals surface area contributed by atoms with Gasteiger partial charge in [-0.3, -0.25) is 15.2 Å². The molecule has 9 nitrogen and oxygen atoms in total. The van der Waals surface area contributed by atoms with E-state index in [4.69, 9.17) is 5.21 Å². The molecule has 0 spiro atoms.